The van der Waals surface area contributed by atoms with Gasteiger partial charge in [-0.25, -0.2) is 0 Å². The van der Waals surface area contributed by atoms with Crippen LogP contribution in [-0.2, 0) is 9.47 Å². The summed E-state index contributed by atoms with van der Waals surface area (Å²) in [5.41, 5.74) is 5.68. The Balaban J connectivity index is 2.46. The van der Waals surface area contributed by atoms with Crippen LogP contribution in [0, 0.1) is 12.3 Å². The maximum Gasteiger partial charge on any atom is 0.159 e. The lowest BCUT2D eigenvalue weighted by Gasteiger charge is -2.30. The van der Waals surface area contributed by atoms with E-state index < -0.39 is 0 Å². The molecular formula is C8H13NO2. The highest BCUT2D eigenvalue weighted by atomic mass is 16.7. The summed E-state index contributed by atoms with van der Waals surface area (Å²) in [5.74, 6) is 2.49. The molecule has 62 valence electrons. The van der Waals surface area contributed by atoms with E-state index in [1.54, 1.807) is 7.11 Å². The van der Waals surface area contributed by atoms with Crippen LogP contribution >= 0.6 is 0 Å². The van der Waals surface area contributed by atoms with Crippen LogP contribution in [0.1, 0.15) is 12.8 Å². The molecule has 3 nitrogen and oxygen atoms in total. The second-order valence-corrected chi connectivity index (χ2v) is 2.63. The van der Waals surface area contributed by atoms with E-state index in [9.17, 15) is 0 Å². The van der Waals surface area contributed by atoms with Gasteiger partial charge in [0.2, 0.25) is 0 Å². The van der Waals surface area contributed by atoms with E-state index in [1.165, 1.54) is 0 Å². The molecule has 1 saturated heterocycles. The number of nitrogens with two attached hydrogens (primary N) is 1. The lowest BCUT2D eigenvalue weighted by atomic mass is 10.0. The molecule has 3 heteroatoms. The molecule has 3 unspecified atom stereocenters. The molecule has 2 N–H and O–H groups in total. The van der Waals surface area contributed by atoms with Crippen LogP contribution in [0.25, 0.3) is 0 Å². The third-order valence-corrected chi connectivity index (χ3v) is 1.85. The van der Waals surface area contributed by atoms with Crippen molar-refractivity contribution in [3.05, 3.63) is 0 Å². The number of hydrogen-bond donors (Lipinski definition) is 1. The molecular weight excluding hydrogens is 142 g/mol. The largest absolute Gasteiger partial charge is 0.356 e. The Kier molecular flexibility index (Phi) is 2.89. The first-order valence-electron chi connectivity index (χ1n) is 3.68. The van der Waals surface area contributed by atoms with E-state index >= 15 is 0 Å². The van der Waals surface area contributed by atoms with Gasteiger partial charge in [0.1, 0.15) is 6.10 Å². The van der Waals surface area contributed by atoms with Gasteiger partial charge in [0.25, 0.3) is 0 Å². The highest BCUT2D eigenvalue weighted by molar-refractivity contribution is 5.01. The topological polar surface area (TPSA) is 44.5 Å². The van der Waals surface area contributed by atoms with Gasteiger partial charge in [0, 0.05) is 19.6 Å². The molecule has 1 aliphatic rings. The second-order valence-electron chi connectivity index (χ2n) is 2.63. The zero-order valence-electron chi connectivity index (χ0n) is 6.62. The Morgan fingerprint density at radius 1 is 1.64 bits per heavy atom. The fourth-order valence-corrected chi connectivity index (χ4v) is 1.15. The fraction of sp³-hybridized carbons (Fsp3) is 0.750. The molecule has 1 rings (SSSR count). The molecule has 0 radical (unpaired) electrons. The van der Waals surface area contributed by atoms with Gasteiger partial charge in [0.15, 0.2) is 6.29 Å². The minimum Gasteiger partial charge on any atom is -0.356 e. The van der Waals surface area contributed by atoms with Crippen LogP contribution in [0.4, 0.5) is 0 Å². The maximum atomic E-state index is 5.68. The molecule has 1 aliphatic heterocycles. The van der Waals surface area contributed by atoms with Crippen molar-refractivity contribution in [2.24, 2.45) is 5.73 Å². The zero-order valence-corrected chi connectivity index (χ0v) is 6.62. The molecule has 0 saturated carbocycles. The van der Waals surface area contributed by atoms with Crippen LogP contribution in [0.15, 0.2) is 0 Å². The van der Waals surface area contributed by atoms with Gasteiger partial charge in [-0.2, -0.15) is 0 Å². The molecule has 11 heavy (non-hydrogen) atoms. The third-order valence-electron chi connectivity index (χ3n) is 1.85. The Bertz CT molecular complexity index is 164. The van der Waals surface area contributed by atoms with E-state index in [-0.39, 0.29) is 18.4 Å². The smallest absolute Gasteiger partial charge is 0.159 e. The lowest BCUT2D eigenvalue weighted by molar-refractivity contribution is -0.169. The van der Waals surface area contributed by atoms with Crippen molar-refractivity contribution < 1.29 is 9.47 Å². The minimum absolute atomic E-state index is 0.0357. The standard InChI is InChI=1S/C8H13NO2/c1-3-7-6(9)4-5-8(10-2)11-7/h1,6-8H,4-5,9H2,2H3. The summed E-state index contributed by atoms with van der Waals surface area (Å²) < 4.78 is 10.3. The average molecular weight is 155 g/mol. The van der Waals surface area contributed by atoms with Crippen molar-refractivity contribution in [3.63, 3.8) is 0 Å². The molecule has 3 atom stereocenters. The SMILES string of the molecule is C#CC1OC(OC)CCC1N. The summed E-state index contributed by atoms with van der Waals surface area (Å²) in [4.78, 5) is 0. The quantitative estimate of drug-likeness (QED) is 0.546. The number of rotatable bonds is 1. The van der Waals surface area contributed by atoms with E-state index in [0.29, 0.717) is 0 Å². The van der Waals surface area contributed by atoms with Gasteiger partial charge >= 0.3 is 0 Å². The number of terminal acetylenes is 1. The Morgan fingerprint density at radius 3 is 2.91 bits per heavy atom. The number of methoxy groups -OCH3 is 1. The summed E-state index contributed by atoms with van der Waals surface area (Å²) >= 11 is 0. The summed E-state index contributed by atoms with van der Waals surface area (Å²) in [7, 11) is 1.61. The van der Waals surface area contributed by atoms with Crippen molar-refractivity contribution in [2.45, 2.75) is 31.3 Å². The Morgan fingerprint density at radius 2 is 2.36 bits per heavy atom. The molecule has 1 heterocycles. The van der Waals surface area contributed by atoms with Crippen molar-refractivity contribution in [2.75, 3.05) is 7.11 Å². The van der Waals surface area contributed by atoms with Gasteiger partial charge in [-0.1, -0.05) is 5.92 Å². The van der Waals surface area contributed by atoms with E-state index in [0.717, 1.165) is 12.8 Å². The molecule has 0 bridgehead atoms. The molecule has 0 amide bonds. The first-order chi connectivity index (χ1) is 5.27. The van der Waals surface area contributed by atoms with Crippen LogP contribution in [0.2, 0.25) is 0 Å². The first-order valence-corrected chi connectivity index (χ1v) is 3.68. The van der Waals surface area contributed by atoms with E-state index in [1.807, 2.05) is 0 Å². The van der Waals surface area contributed by atoms with E-state index in [4.69, 9.17) is 21.6 Å². The number of ether oxygens (including phenoxy) is 2. The lowest BCUT2D eigenvalue weighted by Crippen LogP contribution is -2.43. The van der Waals surface area contributed by atoms with Crippen LogP contribution in [0.5, 0.6) is 0 Å². The van der Waals surface area contributed by atoms with Gasteiger partial charge in [-0.05, 0) is 6.42 Å². The van der Waals surface area contributed by atoms with Gasteiger partial charge in [0.05, 0.1) is 0 Å². The third kappa shape index (κ3) is 1.93. The van der Waals surface area contributed by atoms with Gasteiger partial charge in [-0.3, -0.25) is 0 Å². The van der Waals surface area contributed by atoms with Gasteiger partial charge < -0.3 is 15.2 Å². The van der Waals surface area contributed by atoms with Crippen LogP contribution < -0.4 is 5.73 Å². The monoisotopic (exact) mass is 155 g/mol. The minimum atomic E-state index is -0.284. The molecule has 0 aromatic rings. The Hall–Kier alpha value is -0.560. The molecule has 1 fully saturated rings. The van der Waals surface area contributed by atoms with Crippen molar-refractivity contribution in [3.8, 4) is 12.3 Å². The van der Waals surface area contributed by atoms with Crippen molar-refractivity contribution >= 4 is 0 Å². The van der Waals surface area contributed by atoms with Crippen molar-refractivity contribution in [1.29, 1.82) is 0 Å². The van der Waals surface area contributed by atoms with Crippen LogP contribution in [0.3, 0.4) is 0 Å². The Labute approximate surface area is 66.9 Å². The molecule has 0 spiro atoms. The fourth-order valence-electron chi connectivity index (χ4n) is 1.15. The molecule has 0 aromatic carbocycles. The highest BCUT2D eigenvalue weighted by Gasteiger charge is 2.26. The second kappa shape index (κ2) is 3.72. The molecule has 0 aliphatic carbocycles. The summed E-state index contributed by atoms with van der Waals surface area (Å²) in [6.45, 7) is 0. The van der Waals surface area contributed by atoms with Gasteiger partial charge in [-0.15, -0.1) is 6.42 Å². The average Bonchev–Trinajstić information content (AvgIpc) is 2.05. The number of hydrogen-bond acceptors (Lipinski definition) is 3. The summed E-state index contributed by atoms with van der Waals surface area (Å²) in [5, 5.41) is 0. The maximum absolute atomic E-state index is 5.68. The predicted molar refractivity (Wildman–Crippen MR) is 41.7 cm³/mol. The first kappa shape index (κ1) is 8.54. The van der Waals surface area contributed by atoms with Crippen LogP contribution in [-0.4, -0.2) is 25.5 Å². The molecule has 0 aromatic heterocycles. The predicted octanol–water partition coefficient (Wildman–Crippen LogP) is 0.0984. The zero-order chi connectivity index (χ0) is 8.27. The van der Waals surface area contributed by atoms with Crippen molar-refractivity contribution in [1.82, 2.24) is 0 Å². The normalized spacial score (nSPS) is 38.1. The summed E-state index contributed by atoms with van der Waals surface area (Å²) in [6.07, 6.45) is 6.44. The highest BCUT2D eigenvalue weighted by Crippen LogP contribution is 2.17. The summed E-state index contributed by atoms with van der Waals surface area (Å²) in [6, 6.07) is -0.0357. The van der Waals surface area contributed by atoms with E-state index in [2.05, 4.69) is 5.92 Å².